The fraction of sp³-hybridized carbons (Fsp3) is 0.786. The molecule has 84 valence electrons. The smallest absolute Gasteiger partial charge is 0.161 e. The molecule has 2 aliphatic rings. The van der Waals surface area contributed by atoms with Crippen LogP contribution in [-0.2, 0) is 4.79 Å². The molecule has 0 aliphatic heterocycles. The summed E-state index contributed by atoms with van der Waals surface area (Å²) in [5.41, 5.74) is 1.15. The number of allylic oxidation sites excluding steroid dienone is 2. The molecule has 1 fully saturated rings. The Kier molecular flexibility index (Phi) is 3.61. The van der Waals surface area contributed by atoms with Crippen molar-refractivity contribution in [2.45, 2.75) is 58.3 Å². The molecule has 0 heterocycles. The van der Waals surface area contributed by atoms with Gasteiger partial charge in [0.05, 0.1) is 0 Å². The van der Waals surface area contributed by atoms with Crippen molar-refractivity contribution in [3.05, 3.63) is 11.6 Å². The summed E-state index contributed by atoms with van der Waals surface area (Å²) in [5.74, 6) is 1.65. The molecule has 0 amide bonds. The van der Waals surface area contributed by atoms with Crippen LogP contribution in [0.1, 0.15) is 58.3 Å². The third kappa shape index (κ3) is 2.70. The standard InChI is InChI=1S/C14H22O/c1-11-7-9-13(10-8-11)14(15)12-5-3-2-4-6-12/h9,11-12H,2-8,10H2,1H3. The van der Waals surface area contributed by atoms with Crippen LogP contribution in [0.4, 0.5) is 0 Å². The van der Waals surface area contributed by atoms with E-state index in [9.17, 15) is 4.79 Å². The summed E-state index contributed by atoms with van der Waals surface area (Å²) in [6, 6.07) is 0. The summed E-state index contributed by atoms with van der Waals surface area (Å²) < 4.78 is 0. The second-order valence-electron chi connectivity index (χ2n) is 5.31. The van der Waals surface area contributed by atoms with E-state index in [-0.39, 0.29) is 0 Å². The molecule has 0 saturated heterocycles. The lowest BCUT2D eigenvalue weighted by Gasteiger charge is -2.24. The van der Waals surface area contributed by atoms with E-state index in [2.05, 4.69) is 13.0 Å². The summed E-state index contributed by atoms with van der Waals surface area (Å²) in [5, 5.41) is 0. The fourth-order valence-corrected chi connectivity index (χ4v) is 2.82. The molecule has 0 aromatic heterocycles. The van der Waals surface area contributed by atoms with Crippen LogP contribution in [0.15, 0.2) is 11.6 Å². The monoisotopic (exact) mass is 206 g/mol. The van der Waals surface area contributed by atoms with Crippen LogP contribution in [0.3, 0.4) is 0 Å². The van der Waals surface area contributed by atoms with Gasteiger partial charge in [-0.3, -0.25) is 4.79 Å². The average molecular weight is 206 g/mol. The van der Waals surface area contributed by atoms with E-state index in [4.69, 9.17) is 0 Å². The fourth-order valence-electron chi connectivity index (χ4n) is 2.82. The van der Waals surface area contributed by atoms with Crippen LogP contribution in [0.2, 0.25) is 0 Å². The van der Waals surface area contributed by atoms with E-state index < -0.39 is 0 Å². The third-order valence-electron chi connectivity index (χ3n) is 3.97. The van der Waals surface area contributed by atoms with Crippen molar-refractivity contribution in [1.29, 1.82) is 0 Å². The SMILES string of the molecule is CC1CC=C(C(=O)C2CCCCC2)CC1. The highest BCUT2D eigenvalue weighted by Gasteiger charge is 2.25. The summed E-state index contributed by atoms with van der Waals surface area (Å²) in [4.78, 5) is 12.2. The summed E-state index contributed by atoms with van der Waals surface area (Å²) >= 11 is 0. The number of carbonyl (C=O) groups excluding carboxylic acids is 1. The predicted molar refractivity (Wildman–Crippen MR) is 62.7 cm³/mol. The van der Waals surface area contributed by atoms with Gasteiger partial charge in [-0.05, 0) is 43.6 Å². The molecule has 2 aliphatic carbocycles. The second-order valence-corrected chi connectivity index (χ2v) is 5.31. The minimum atomic E-state index is 0.374. The Morgan fingerprint density at radius 1 is 1.20 bits per heavy atom. The maximum atomic E-state index is 12.2. The minimum absolute atomic E-state index is 0.374. The third-order valence-corrected chi connectivity index (χ3v) is 3.97. The quantitative estimate of drug-likeness (QED) is 0.670. The van der Waals surface area contributed by atoms with Crippen molar-refractivity contribution in [3.63, 3.8) is 0 Å². The van der Waals surface area contributed by atoms with Gasteiger partial charge in [0.25, 0.3) is 0 Å². The molecule has 0 aromatic rings. The molecule has 2 rings (SSSR count). The number of rotatable bonds is 2. The van der Waals surface area contributed by atoms with Crippen LogP contribution in [0.25, 0.3) is 0 Å². The van der Waals surface area contributed by atoms with Crippen LogP contribution >= 0.6 is 0 Å². The maximum Gasteiger partial charge on any atom is 0.161 e. The van der Waals surface area contributed by atoms with Crippen molar-refractivity contribution < 1.29 is 4.79 Å². The Balaban J connectivity index is 1.95. The summed E-state index contributed by atoms with van der Waals surface area (Å²) in [7, 11) is 0. The number of hydrogen-bond acceptors (Lipinski definition) is 1. The van der Waals surface area contributed by atoms with E-state index in [1.807, 2.05) is 0 Å². The lowest BCUT2D eigenvalue weighted by molar-refractivity contribution is -0.120. The first-order chi connectivity index (χ1) is 7.27. The van der Waals surface area contributed by atoms with Gasteiger partial charge in [0.15, 0.2) is 5.78 Å². The molecule has 1 nitrogen and oxygen atoms in total. The maximum absolute atomic E-state index is 12.2. The molecule has 0 N–H and O–H groups in total. The van der Waals surface area contributed by atoms with Crippen molar-refractivity contribution in [2.75, 3.05) is 0 Å². The molecular weight excluding hydrogens is 184 g/mol. The first-order valence-electron chi connectivity index (χ1n) is 6.50. The first kappa shape index (κ1) is 10.9. The number of Topliss-reactive ketones (excluding diaryl/α,β-unsaturated/α-hetero) is 1. The molecule has 1 saturated carbocycles. The molecule has 0 spiro atoms. The van der Waals surface area contributed by atoms with Gasteiger partial charge in [0.1, 0.15) is 0 Å². The highest BCUT2D eigenvalue weighted by molar-refractivity contribution is 5.97. The van der Waals surface area contributed by atoms with Gasteiger partial charge in [-0.1, -0.05) is 32.3 Å². The van der Waals surface area contributed by atoms with Gasteiger partial charge in [-0.15, -0.1) is 0 Å². The Morgan fingerprint density at radius 2 is 1.93 bits per heavy atom. The van der Waals surface area contributed by atoms with Crippen LogP contribution in [0, 0.1) is 11.8 Å². The first-order valence-corrected chi connectivity index (χ1v) is 6.50. The second kappa shape index (κ2) is 4.96. The zero-order valence-electron chi connectivity index (χ0n) is 9.80. The van der Waals surface area contributed by atoms with Gasteiger partial charge in [-0.25, -0.2) is 0 Å². The lowest BCUT2D eigenvalue weighted by Crippen LogP contribution is -2.21. The zero-order chi connectivity index (χ0) is 10.7. The molecule has 15 heavy (non-hydrogen) atoms. The Labute approximate surface area is 92.9 Å². The van der Waals surface area contributed by atoms with Crippen molar-refractivity contribution in [2.24, 2.45) is 11.8 Å². The van der Waals surface area contributed by atoms with Gasteiger partial charge >= 0.3 is 0 Å². The predicted octanol–water partition coefficient (Wildman–Crippen LogP) is 3.88. The molecule has 1 unspecified atom stereocenters. The van der Waals surface area contributed by atoms with Gasteiger partial charge in [0.2, 0.25) is 0 Å². The van der Waals surface area contributed by atoms with E-state index >= 15 is 0 Å². The van der Waals surface area contributed by atoms with Crippen LogP contribution in [0.5, 0.6) is 0 Å². The number of carbonyl (C=O) groups is 1. The molecule has 1 atom stereocenters. The van der Waals surface area contributed by atoms with Gasteiger partial charge < -0.3 is 0 Å². The molecular formula is C14H22O. The Bertz CT molecular complexity index is 259. The van der Waals surface area contributed by atoms with Gasteiger partial charge in [-0.2, -0.15) is 0 Å². The molecule has 0 radical (unpaired) electrons. The topological polar surface area (TPSA) is 17.1 Å². The van der Waals surface area contributed by atoms with Gasteiger partial charge in [0, 0.05) is 5.92 Å². The lowest BCUT2D eigenvalue weighted by atomic mass is 9.80. The number of ketones is 1. The molecule has 0 aromatic carbocycles. The summed E-state index contributed by atoms with van der Waals surface area (Å²) in [6.07, 6.45) is 11.7. The number of hydrogen-bond donors (Lipinski definition) is 0. The average Bonchev–Trinajstić information content (AvgIpc) is 2.30. The molecule has 0 bridgehead atoms. The van der Waals surface area contributed by atoms with E-state index in [0.717, 1.165) is 37.2 Å². The molecule has 1 heteroatoms. The van der Waals surface area contributed by atoms with Crippen LogP contribution < -0.4 is 0 Å². The zero-order valence-corrected chi connectivity index (χ0v) is 9.80. The Hall–Kier alpha value is -0.590. The van der Waals surface area contributed by atoms with E-state index in [1.54, 1.807) is 0 Å². The van der Waals surface area contributed by atoms with E-state index in [1.165, 1.54) is 25.7 Å². The normalized spacial score (nSPS) is 28.6. The van der Waals surface area contributed by atoms with Crippen molar-refractivity contribution in [1.82, 2.24) is 0 Å². The van der Waals surface area contributed by atoms with E-state index in [0.29, 0.717) is 11.7 Å². The largest absolute Gasteiger partial charge is 0.294 e. The highest BCUT2D eigenvalue weighted by atomic mass is 16.1. The Morgan fingerprint density at radius 3 is 2.53 bits per heavy atom. The van der Waals surface area contributed by atoms with Crippen molar-refractivity contribution in [3.8, 4) is 0 Å². The minimum Gasteiger partial charge on any atom is -0.294 e. The van der Waals surface area contributed by atoms with Crippen LogP contribution in [-0.4, -0.2) is 5.78 Å². The highest BCUT2D eigenvalue weighted by Crippen LogP contribution is 2.31. The van der Waals surface area contributed by atoms with Crippen molar-refractivity contribution >= 4 is 5.78 Å². The summed E-state index contributed by atoms with van der Waals surface area (Å²) in [6.45, 7) is 2.28.